The zero-order valence-corrected chi connectivity index (χ0v) is 15.8. The molecule has 6 nitrogen and oxygen atoms in total. The molecule has 0 saturated heterocycles. The minimum atomic E-state index is 0.0170. The highest BCUT2D eigenvalue weighted by Crippen LogP contribution is 2.52. The fourth-order valence-electron chi connectivity index (χ4n) is 3.09. The first kappa shape index (κ1) is 15.4. The molecule has 0 N–H and O–H groups in total. The molecule has 0 amide bonds. The molecular formula is C16H13ClN6S2. The Bertz CT molecular complexity index is 1010. The van der Waals surface area contributed by atoms with Crippen molar-refractivity contribution in [2.75, 3.05) is 5.01 Å². The van der Waals surface area contributed by atoms with E-state index in [-0.39, 0.29) is 5.37 Å². The number of hydrogen-bond donors (Lipinski definition) is 0. The second-order valence-corrected chi connectivity index (χ2v) is 8.07. The topological polar surface area (TPSA) is 51.8 Å². The Morgan fingerprint density at radius 1 is 1.12 bits per heavy atom. The van der Waals surface area contributed by atoms with Gasteiger partial charge in [-0.05, 0) is 37.7 Å². The Morgan fingerprint density at radius 3 is 2.72 bits per heavy atom. The molecule has 2 aliphatic rings. The van der Waals surface area contributed by atoms with Gasteiger partial charge in [0.1, 0.15) is 15.6 Å². The third kappa shape index (κ3) is 2.17. The number of para-hydroxylation sites is 1. The van der Waals surface area contributed by atoms with E-state index >= 15 is 0 Å². The number of halogens is 1. The predicted octanol–water partition coefficient (Wildman–Crippen LogP) is 4.02. The maximum absolute atomic E-state index is 6.77. The molecule has 1 aromatic carbocycles. The Balaban J connectivity index is 1.61. The van der Waals surface area contributed by atoms with Gasteiger partial charge >= 0.3 is 0 Å². The minimum absolute atomic E-state index is 0.0170. The van der Waals surface area contributed by atoms with Gasteiger partial charge in [-0.15, -0.1) is 10.2 Å². The van der Waals surface area contributed by atoms with Crippen LogP contribution in [0.4, 0.5) is 0 Å². The maximum atomic E-state index is 6.77. The van der Waals surface area contributed by atoms with E-state index in [4.69, 9.17) is 11.6 Å². The molecule has 2 aromatic heterocycles. The number of aryl methyl sites for hydroxylation is 2. The molecule has 0 saturated carbocycles. The van der Waals surface area contributed by atoms with Crippen LogP contribution in [0.15, 0.2) is 45.9 Å². The van der Waals surface area contributed by atoms with Gasteiger partial charge in [0.05, 0.1) is 11.4 Å². The van der Waals surface area contributed by atoms with Crippen LogP contribution in [0.2, 0.25) is 5.15 Å². The van der Waals surface area contributed by atoms with E-state index in [1.165, 1.54) is 0 Å². The number of aromatic nitrogens is 5. The first-order valence-corrected chi connectivity index (χ1v) is 9.84. The van der Waals surface area contributed by atoms with Crippen molar-refractivity contribution in [3.63, 3.8) is 0 Å². The van der Waals surface area contributed by atoms with E-state index in [1.807, 2.05) is 44.2 Å². The number of benzene rings is 1. The molecule has 0 fully saturated rings. The average Bonchev–Trinajstić information content (AvgIpc) is 3.32. The predicted molar refractivity (Wildman–Crippen MR) is 101 cm³/mol. The van der Waals surface area contributed by atoms with Crippen molar-refractivity contribution in [2.45, 2.75) is 24.4 Å². The molecule has 0 spiro atoms. The van der Waals surface area contributed by atoms with Gasteiger partial charge in [-0.25, -0.2) is 9.36 Å². The summed E-state index contributed by atoms with van der Waals surface area (Å²) >= 11 is 10.1. The summed E-state index contributed by atoms with van der Waals surface area (Å²) in [6.07, 6.45) is 0. The normalized spacial score (nSPS) is 18.4. The lowest BCUT2D eigenvalue weighted by Gasteiger charge is -2.25. The first-order valence-electron chi connectivity index (χ1n) is 7.70. The van der Waals surface area contributed by atoms with E-state index in [0.717, 1.165) is 33.0 Å². The molecule has 3 aromatic rings. The number of fused-ring (bicyclic) bond motifs is 3. The van der Waals surface area contributed by atoms with Crippen molar-refractivity contribution in [1.82, 2.24) is 24.7 Å². The monoisotopic (exact) mass is 388 g/mol. The molecule has 0 radical (unpaired) electrons. The second kappa shape index (κ2) is 5.55. The number of nitrogens with zero attached hydrogens (tertiary/aromatic N) is 6. The van der Waals surface area contributed by atoms with Gasteiger partial charge in [0, 0.05) is 11.0 Å². The molecule has 4 heterocycles. The Morgan fingerprint density at radius 2 is 1.92 bits per heavy atom. The van der Waals surface area contributed by atoms with Crippen LogP contribution in [0, 0.1) is 13.8 Å². The van der Waals surface area contributed by atoms with Gasteiger partial charge in [-0.2, -0.15) is 5.10 Å². The molecule has 126 valence electrons. The molecule has 0 bridgehead atoms. The van der Waals surface area contributed by atoms with Crippen LogP contribution in [-0.4, -0.2) is 24.7 Å². The summed E-state index contributed by atoms with van der Waals surface area (Å²) < 4.78 is 3.85. The van der Waals surface area contributed by atoms with Gasteiger partial charge in [0.2, 0.25) is 5.16 Å². The fraction of sp³-hybridized carbons (Fsp3) is 0.188. The minimum Gasteiger partial charge on any atom is -0.252 e. The van der Waals surface area contributed by atoms with Gasteiger partial charge < -0.3 is 0 Å². The Labute approximate surface area is 157 Å². The fourth-order valence-corrected chi connectivity index (χ4v) is 5.91. The summed E-state index contributed by atoms with van der Waals surface area (Å²) in [5.41, 5.74) is 2.89. The van der Waals surface area contributed by atoms with Gasteiger partial charge in [-0.1, -0.05) is 41.6 Å². The van der Waals surface area contributed by atoms with Crippen LogP contribution in [-0.2, 0) is 0 Å². The van der Waals surface area contributed by atoms with Gasteiger partial charge in [-0.3, -0.25) is 5.01 Å². The highest BCUT2D eigenvalue weighted by molar-refractivity contribution is 8.07. The summed E-state index contributed by atoms with van der Waals surface area (Å²) in [6.45, 7) is 3.96. The number of hydrogen-bond acceptors (Lipinski definition) is 6. The SMILES string of the molecule is Cc1nn(-c2ccccc2)c(Cl)c1C1SC=C2Sc3nnc(C)n3N21. The van der Waals surface area contributed by atoms with Crippen molar-refractivity contribution in [3.05, 3.63) is 63.0 Å². The average molecular weight is 389 g/mol. The lowest BCUT2D eigenvalue weighted by Crippen LogP contribution is -2.30. The highest BCUT2D eigenvalue weighted by Gasteiger charge is 2.41. The summed E-state index contributed by atoms with van der Waals surface area (Å²) in [6, 6.07) is 9.95. The molecule has 1 atom stereocenters. The third-order valence-electron chi connectivity index (χ3n) is 4.22. The van der Waals surface area contributed by atoms with Crippen molar-refractivity contribution < 1.29 is 0 Å². The molecule has 0 aliphatic carbocycles. The van der Waals surface area contributed by atoms with E-state index < -0.39 is 0 Å². The number of thioether (sulfide) groups is 2. The summed E-state index contributed by atoms with van der Waals surface area (Å²) in [4.78, 5) is 0. The van der Waals surface area contributed by atoms with E-state index in [2.05, 4.69) is 30.4 Å². The van der Waals surface area contributed by atoms with Crippen LogP contribution in [0.25, 0.3) is 5.69 Å². The van der Waals surface area contributed by atoms with Crippen molar-refractivity contribution in [1.29, 1.82) is 0 Å². The third-order valence-corrected chi connectivity index (χ3v) is 6.74. The summed E-state index contributed by atoms with van der Waals surface area (Å²) in [5, 5.41) is 20.1. The zero-order valence-electron chi connectivity index (χ0n) is 13.4. The van der Waals surface area contributed by atoms with Crippen molar-refractivity contribution >= 4 is 35.1 Å². The maximum Gasteiger partial charge on any atom is 0.216 e. The Kier molecular flexibility index (Phi) is 3.41. The van der Waals surface area contributed by atoms with Crippen LogP contribution in [0.3, 0.4) is 0 Å². The first-order chi connectivity index (χ1) is 12.1. The zero-order chi connectivity index (χ0) is 17.1. The number of rotatable bonds is 2. The van der Waals surface area contributed by atoms with E-state index in [0.29, 0.717) is 5.15 Å². The summed E-state index contributed by atoms with van der Waals surface area (Å²) in [5.74, 6) is 0.864. The van der Waals surface area contributed by atoms with Crippen molar-refractivity contribution in [2.24, 2.45) is 0 Å². The molecule has 1 unspecified atom stereocenters. The lowest BCUT2D eigenvalue weighted by molar-refractivity contribution is 0.617. The lowest BCUT2D eigenvalue weighted by atomic mass is 10.2. The van der Waals surface area contributed by atoms with Crippen LogP contribution >= 0.6 is 35.1 Å². The van der Waals surface area contributed by atoms with Crippen molar-refractivity contribution in [3.8, 4) is 5.69 Å². The smallest absolute Gasteiger partial charge is 0.216 e. The quantitative estimate of drug-likeness (QED) is 0.660. The molecular weight excluding hydrogens is 376 g/mol. The highest BCUT2D eigenvalue weighted by atomic mass is 35.5. The molecule has 25 heavy (non-hydrogen) atoms. The van der Waals surface area contributed by atoms with Crippen LogP contribution in [0.5, 0.6) is 0 Å². The molecule has 9 heteroatoms. The largest absolute Gasteiger partial charge is 0.252 e. The van der Waals surface area contributed by atoms with E-state index in [9.17, 15) is 0 Å². The van der Waals surface area contributed by atoms with Crippen LogP contribution in [0.1, 0.15) is 22.5 Å². The molecule has 5 rings (SSSR count). The Hall–Kier alpha value is -1.90. The standard InChI is InChI=1S/C16H13ClN6S2/c1-9-13(14(17)21(20-9)11-6-4-3-5-7-11)15-23-12(8-24-15)25-16-19-18-10(2)22(16)23/h3-8,15H,1-2H3. The summed E-state index contributed by atoms with van der Waals surface area (Å²) in [7, 11) is 0. The van der Waals surface area contributed by atoms with E-state index in [1.54, 1.807) is 28.2 Å². The van der Waals surface area contributed by atoms with Gasteiger partial charge in [0.15, 0.2) is 5.82 Å². The molecule has 2 aliphatic heterocycles. The van der Waals surface area contributed by atoms with Gasteiger partial charge in [0.25, 0.3) is 0 Å². The second-order valence-electron chi connectivity index (χ2n) is 5.77. The van der Waals surface area contributed by atoms with Crippen LogP contribution < -0.4 is 5.01 Å².